The molecule has 0 aliphatic rings. The first kappa shape index (κ1) is 16.3. The molecular formula is C11H13Cl2FN2S. The minimum atomic E-state index is -0.231. The highest BCUT2D eigenvalue weighted by atomic mass is 35.5. The number of nitrogens with two attached hydrogens (primary N) is 1. The van der Waals surface area contributed by atoms with Crippen LogP contribution in [0, 0.1) is 12.7 Å². The molecule has 94 valence electrons. The summed E-state index contributed by atoms with van der Waals surface area (Å²) in [6.07, 6.45) is 0. The van der Waals surface area contributed by atoms with Crippen molar-refractivity contribution in [3.8, 4) is 10.4 Å². The fraction of sp³-hybridized carbons (Fsp3) is 0.182. The van der Waals surface area contributed by atoms with E-state index in [1.54, 1.807) is 11.6 Å². The smallest absolute Gasteiger partial charge is 0.132 e. The standard InChI is InChI=1S/C11H11FN2S.2ClH/c1-7-11(15-6-14-7)9-3-2-8(5-13)4-10(9)12;;/h2-4,6H,5,13H2,1H3;2*1H. The molecule has 2 aromatic rings. The average molecular weight is 295 g/mol. The van der Waals surface area contributed by atoms with Crippen LogP contribution in [0.15, 0.2) is 23.7 Å². The van der Waals surface area contributed by atoms with E-state index in [0.717, 1.165) is 16.1 Å². The monoisotopic (exact) mass is 294 g/mol. The Labute approximate surface area is 116 Å². The van der Waals surface area contributed by atoms with Crippen LogP contribution >= 0.6 is 36.2 Å². The number of aryl methyl sites for hydroxylation is 1. The van der Waals surface area contributed by atoms with Gasteiger partial charge in [-0.05, 0) is 18.6 Å². The second kappa shape index (κ2) is 6.91. The fourth-order valence-corrected chi connectivity index (χ4v) is 2.26. The van der Waals surface area contributed by atoms with Crippen molar-refractivity contribution in [1.82, 2.24) is 4.98 Å². The number of aromatic nitrogens is 1. The van der Waals surface area contributed by atoms with Gasteiger partial charge in [0.2, 0.25) is 0 Å². The van der Waals surface area contributed by atoms with Crippen molar-refractivity contribution in [2.24, 2.45) is 5.73 Å². The maximum Gasteiger partial charge on any atom is 0.132 e. The third kappa shape index (κ3) is 3.39. The van der Waals surface area contributed by atoms with Gasteiger partial charge in [-0.1, -0.05) is 12.1 Å². The van der Waals surface area contributed by atoms with Crippen LogP contribution in [-0.4, -0.2) is 4.98 Å². The van der Waals surface area contributed by atoms with Crippen LogP contribution < -0.4 is 5.73 Å². The van der Waals surface area contributed by atoms with Gasteiger partial charge in [-0.3, -0.25) is 0 Å². The molecule has 0 saturated heterocycles. The molecule has 0 atom stereocenters. The molecule has 0 unspecified atom stereocenters. The molecule has 0 aliphatic heterocycles. The number of hydrogen-bond donors (Lipinski definition) is 1. The number of rotatable bonds is 2. The Kier molecular flexibility index (Phi) is 6.64. The Morgan fingerprint density at radius 1 is 1.35 bits per heavy atom. The molecule has 2 nitrogen and oxygen atoms in total. The predicted molar refractivity (Wildman–Crippen MR) is 74.6 cm³/mol. The van der Waals surface area contributed by atoms with Gasteiger partial charge in [0, 0.05) is 12.1 Å². The molecule has 1 aromatic carbocycles. The summed E-state index contributed by atoms with van der Waals surface area (Å²) in [5, 5.41) is 0. The van der Waals surface area contributed by atoms with Gasteiger partial charge >= 0.3 is 0 Å². The van der Waals surface area contributed by atoms with E-state index in [4.69, 9.17) is 5.73 Å². The van der Waals surface area contributed by atoms with Gasteiger partial charge < -0.3 is 5.73 Å². The highest BCUT2D eigenvalue weighted by Crippen LogP contribution is 2.29. The first-order valence-electron chi connectivity index (χ1n) is 4.61. The summed E-state index contributed by atoms with van der Waals surface area (Å²) in [4.78, 5) is 4.99. The fourth-order valence-electron chi connectivity index (χ4n) is 1.43. The van der Waals surface area contributed by atoms with Crippen LogP contribution in [0.5, 0.6) is 0 Å². The lowest BCUT2D eigenvalue weighted by Gasteiger charge is -2.03. The number of halogens is 3. The van der Waals surface area contributed by atoms with Gasteiger partial charge in [0.05, 0.1) is 16.1 Å². The third-order valence-electron chi connectivity index (χ3n) is 2.26. The lowest BCUT2D eigenvalue weighted by Crippen LogP contribution is -1.97. The van der Waals surface area contributed by atoms with Gasteiger partial charge in [0.15, 0.2) is 0 Å². The zero-order chi connectivity index (χ0) is 10.8. The van der Waals surface area contributed by atoms with Crippen molar-refractivity contribution in [2.75, 3.05) is 0 Å². The molecular weight excluding hydrogens is 282 g/mol. The minimum Gasteiger partial charge on any atom is -0.326 e. The Morgan fingerprint density at radius 3 is 2.53 bits per heavy atom. The van der Waals surface area contributed by atoms with E-state index in [1.807, 2.05) is 13.0 Å². The van der Waals surface area contributed by atoms with E-state index in [-0.39, 0.29) is 30.6 Å². The lowest BCUT2D eigenvalue weighted by molar-refractivity contribution is 0.629. The van der Waals surface area contributed by atoms with Crippen molar-refractivity contribution in [3.63, 3.8) is 0 Å². The molecule has 0 radical (unpaired) electrons. The van der Waals surface area contributed by atoms with E-state index in [0.29, 0.717) is 12.1 Å². The first-order chi connectivity index (χ1) is 7.22. The van der Waals surface area contributed by atoms with Crippen molar-refractivity contribution in [3.05, 3.63) is 40.8 Å². The van der Waals surface area contributed by atoms with Crippen molar-refractivity contribution in [1.29, 1.82) is 0 Å². The maximum atomic E-state index is 13.7. The summed E-state index contributed by atoms with van der Waals surface area (Å²) in [7, 11) is 0. The largest absolute Gasteiger partial charge is 0.326 e. The molecule has 0 fully saturated rings. The lowest BCUT2D eigenvalue weighted by atomic mass is 10.1. The van der Waals surface area contributed by atoms with E-state index in [9.17, 15) is 4.39 Å². The van der Waals surface area contributed by atoms with Crippen LogP contribution in [0.25, 0.3) is 10.4 Å². The molecule has 0 spiro atoms. The molecule has 0 saturated carbocycles. The Morgan fingerprint density at radius 2 is 2.06 bits per heavy atom. The normalized spacial score (nSPS) is 9.35. The summed E-state index contributed by atoms with van der Waals surface area (Å²) < 4.78 is 13.7. The second-order valence-corrected chi connectivity index (χ2v) is 4.14. The molecule has 0 aliphatic carbocycles. The quantitative estimate of drug-likeness (QED) is 0.920. The van der Waals surface area contributed by atoms with Crippen LogP contribution in [0.3, 0.4) is 0 Å². The van der Waals surface area contributed by atoms with E-state index in [2.05, 4.69) is 4.98 Å². The average Bonchev–Trinajstić information content (AvgIpc) is 2.64. The summed E-state index contributed by atoms with van der Waals surface area (Å²) in [5.41, 5.74) is 9.43. The first-order valence-corrected chi connectivity index (χ1v) is 5.49. The summed E-state index contributed by atoms with van der Waals surface area (Å²) >= 11 is 1.45. The minimum absolute atomic E-state index is 0. The van der Waals surface area contributed by atoms with E-state index >= 15 is 0 Å². The molecule has 6 heteroatoms. The van der Waals surface area contributed by atoms with Gasteiger partial charge in [-0.2, -0.15) is 0 Å². The van der Waals surface area contributed by atoms with Gasteiger partial charge in [0.25, 0.3) is 0 Å². The third-order valence-corrected chi connectivity index (χ3v) is 3.22. The highest BCUT2D eigenvalue weighted by molar-refractivity contribution is 7.13. The van der Waals surface area contributed by atoms with Crippen LogP contribution in [0.2, 0.25) is 0 Å². The summed E-state index contributed by atoms with van der Waals surface area (Å²) in [6.45, 7) is 2.24. The topological polar surface area (TPSA) is 38.9 Å². The highest BCUT2D eigenvalue weighted by Gasteiger charge is 2.10. The van der Waals surface area contributed by atoms with Crippen LogP contribution in [0.4, 0.5) is 4.39 Å². The SMILES string of the molecule is Cc1ncsc1-c1ccc(CN)cc1F.Cl.Cl. The second-order valence-electron chi connectivity index (χ2n) is 3.29. The molecule has 2 rings (SSSR count). The Balaban J connectivity index is 0.00000128. The maximum absolute atomic E-state index is 13.7. The van der Waals surface area contributed by atoms with Crippen molar-refractivity contribution >= 4 is 36.2 Å². The van der Waals surface area contributed by atoms with Gasteiger partial charge in [-0.15, -0.1) is 36.2 Å². The van der Waals surface area contributed by atoms with Crippen molar-refractivity contribution in [2.45, 2.75) is 13.5 Å². The molecule has 1 aromatic heterocycles. The van der Waals surface area contributed by atoms with Crippen LogP contribution in [-0.2, 0) is 6.54 Å². The number of hydrogen-bond acceptors (Lipinski definition) is 3. The predicted octanol–water partition coefficient (Wildman–Crippen LogP) is 3.56. The number of thiazole rings is 1. The summed E-state index contributed by atoms with van der Waals surface area (Å²) in [5.74, 6) is -0.231. The molecule has 0 amide bonds. The molecule has 17 heavy (non-hydrogen) atoms. The molecule has 2 N–H and O–H groups in total. The Hall–Kier alpha value is -0.680. The number of benzene rings is 1. The number of nitrogens with zero attached hydrogens (tertiary/aromatic N) is 1. The Bertz CT molecular complexity index is 488. The zero-order valence-corrected chi connectivity index (χ0v) is 11.6. The van der Waals surface area contributed by atoms with Gasteiger partial charge in [0.1, 0.15) is 5.82 Å². The van der Waals surface area contributed by atoms with Crippen LogP contribution in [0.1, 0.15) is 11.3 Å². The molecule has 0 bridgehead atoms. The summed E-state index contributed by atoms with van der Waals surface area (Å²) in [6, 6.07) is 5.09. The van der Waals surface area contributed by atoms with Crippen molar-refractivity contribution < 1.29 is 4.39 Å². The van der Waals surface area contributed by atoms with E-state index in [1.165, 1.54) is 17.4 Å². The zero-order valence-electron chi connectivity index (χ0n) is 9.14. The molecule has 1 heterocycles. The van der Waals surface area contributed by atoms with E-state index < -0.39 is 0 Å². The van der Waals surface area contributed by atoms with Gasteiger partial charge in [-0.25, -0.2) is 9.37 Å².